The molecule has 0 aliphatic carbocycles. The van der Waals surface area contributed by atoms with Crippen molar-refractivity contribution in [3.63, 3.8) is 0 Å². The van der Waals surface area contributed by atoms with Crippen LogP contribution < -0.4 is 5.32 Å². The SMILES string of the molecule is COCCNC(=O)[C@@H]1CC[C@@H]2[C@@H](CCN2Cc2ccc(F)cc2)O1.O=C(O)C(F)(F)F. The van der Waals surface area contributed by atoms with Gasteiger partial charge in [0.2, 0.25) is 5.91 Å². The van der Waals surface area contributed by atoms with E-state index in [-0.39, 0.29) is 23.9 Å². The van der Waals surface area contributed by atoms with Gasteiger partial charge in [0.1, 0.15) is 11.9 Å². The molecule has 0 unspecified atom stereocenters. The fourth-order valence-electron chi connectivity index (χ4n) is 3.62. The summed E-state index contributed by atoms with van der Waals surface area (Å²) in [6, 6.07) is 7.01. The van der Waals surface area contributed by atoms with Crippen LogP contribution in [0.2, 0.25) is 0 Å². The van der Waals surface area contributed by atoms with Crippen LogP contribution in [0.15, 0.2) is 24.3 Å². The number of methoxy groups -OCH3 is 1. The zero-order chi connectivity index (χ0) is 23.0. The molecule has 1 amide bonds. The Hall–Kier alpha value is -2.24. The van der Waals surface area contributed by atoms with Gasteiger partial charge in [-0.1, -0.05) is 12.1 Å². The molecular formula is C20H26F4N2O5. The van der Waals surface area contributed by atoms with E-state index < -0.39 is 12.1 Å². The van der Waals surface area contributed by atoms with Gasteiger partial charge >= 0.3 is 12.1 Å². The quantitative estimate of drug-likeness (QED) is 0.511. The van der Waals surface area contributed by atoms with E-state index >= 15 is 0 Å². The van der Waals surface area contributed by atoms with Crippen LogP contribution in [0.25, 0.3) is 0 Å². The Morgan fingerprint density at radius 1 is 1.23 bits per heavy atom. The van der Waals surface area contributed by atoms with Gasteiger partial charge < -0.3 is 19.9 Å². The molecule has 2 saturated heterocycles. The third kappa shape index (κ3) is 7.75. The Morgan fingerprint density at radius 2 is 1.87 bits per heavy atom. The molecule has 0 saturated carbocycles. The summed E-state index contributed by atoms with van der Waals surface area (Å²) in [4.78, 5) is 23.4. The van der Waals surface area contributed by atoms with Crippen molar-refractivity contribution < 1.29 is 41.7 Å². The summed E-state index contributed by atoms with van der Waals surface area (Å²) < 4.78 is 55.7. The topological polar surface area (TPSA) is 88.1 Å². The number of alkyl halides is 3. The lowest BCUT2D eigenvalue weighted by Gasteiger charge is -2.35. The first-order valence-corrected chi connectivity index (χ1v) is 9.82. The molecule has 0 aromatic heterocycles. The molecule has 2 fully saturated rings. The maximum absolute atomic E-state index is 13.0. The van der Waals surface area contributed by atoms with Gasteiger partial charge in [0, 0.05) is 32.8 Å². The zero-order valence-electron chi connectivity index (χ0n) is 17.0. The summed E-state index contributed by atoms with van der Waals surface area (Å²) in [7, 11) is 1.61. The van der Waals surface area contributed by atoms with Crippen molar-refractivity contribution in [2.24, 2.45) is 0 Å². The summed E-state index contributed by atoms with van der Waals surface area (Å²) in [6.07, 6.45) is -2.70. The highest BCUT2D eigenvalue weighted by Gasteiger charge is 2.41. The third-order valence-electron chi connectivity index (χ3n) is 5.10. The highest BCUT2D eigenvalue weighted by atomic mass is 19.4. The highest BCUT2D eigenvalue weighted by molar-refractivity contribution is 5.80. The molecule has 2 aliphatic rings. The number of halogens is 4. The zero-order valence-corrected chi connectivity index (χ0v) is 17.0. The maximum atomic E-state index is 13.0. The van der Waals surface area contributed by atoms with Crippen molar-refractivity contribution in [1.82, 2.24) is 10.2 Å². The number of aliphatic carboxylic acids is 1. The number of nitrogens with zero attached hydrogens (tertiary/aromatic N) is 1. The van der Waals surface area contributed by atoms with Gasteiger partial charge in [-0.3, -0.25) is 9.69 Å². The Morgan fingerprint density at radius 3 is 2.45 bits per heavy atom. The number of rotatable bonds is 6. The van der Waals surface area contributed by atoms with Crippen molar-refractivity contribution in [3.8, 4) is 0 Å². The van der Waals surface area contributed by atoms with E-state index in [1.165, 1.54) is 12.1 Å². The number of nitrogens with one attached hydrogen (secondary N) is 1. The minimum absolute atomic E-state index is 0.0394. The molecule has 0 spiro atoms. The minimum Gasteiger partial charge on any atom is -0.475 e. The molecule has 174 valence electrons. The van der Waals surface area contributed by atoms with Crippen molar-refractivity contribution in [3.05, 3.63) is 35.6 Å². The van der Waals surface area contributed by atoms with E-state index in [4.69, 9.17) is 19.4 Å². The summed E-state index contributed by atoms with van der Waals surface area (Å²) in [5, 5.41) is 9.98. The normalized spacial score (nSPS) is 23.5. The number of carboxylic acids is 1. The van der Waals surface area contributed by atoms with Crippen LogP contribution in [-0.4, -0.2) is 73.1 Å². The molecule has 0 bridgehead atoms. The fraction of sp³-hybridized carbons (Fsp3) is 0.600. The predicted octanol–water partition coefficient (Wildman–Crippen LogP) is 2.34. The molecule has 31 heavy (non-hydrogen) atoms. The number of amides is 1. The van der Waals surface area contributed by atoms with E-state index in [1.807, 2.05) is 12.1 Å². The smallest absolute Gasteiger partial charge is 0.475 e. The number of carboxylic acid groups (broad SMARTS) is 1. The molecule has 1 aromatic rings. The van der Waals surface area contributed by atoms with Gasteiger partial charge in [-0.15, -0.1) is 0 Å². The first-order valence-electron chi connectivity index (χ1n) is 9.82. The Balaban J connectivity index is 0.000000423. The molecule has 0 radical (unpaired) electrons. The van der Waals surface area contributed by atoms with E-state index in [0.29, 0.717) is 19.2 Å². The summed E-state index contributed by atoms with van der Waals surface area (Å²) in [5.41, 5.74) is 1.11. The van der Waals surface area contributed by atoms with Gasteiger partial charge in [0.15, 0.2) is 0 Å². The molecule has 2 aliphatic heterocycles. The van der Waals surface area contributed by atoms with Crippen LogP contribution >= 0.6 is 0 Å². The molecule has 2 N–H and O–H groups in total. The Labute approximate surface area is 177 Å². The molecule has 3 rings (SSSR count). The summed E-state index contributed by atoms with van der Waals surface area (Å²) in [5.74, 6) is -3.00. The van der Waals surface area contributed by atoms with Crippen molar-refractivity contribution in [2.75, 3.05) is 26.8 Å². The van der Waals surface area contributed by atoms with E-state index in [9.17, 15) is 22.4 Å². The van der Waals surface area contributed by atoms with Gasteiger partial charge in [-0.2, -0.15) is 13.2 Å². The van der Waals surface area contributed by atoms with Gasteiger partial charge in [0.25, 0.3) is 0 Å². The van der Waals surface area contributed by atoms with Crippen molar-refractivity contribution >= 4 is 11.9 Å². The lowest BCUT2D eigenvalue weighted by Crippen LogP contribution is -2.48. The van der Waals surface area contributed by atoms with Crippen LogP contribution in [0.1, 0.15) is 24.8 Å². The third-order valence-corrected chi connectivity index (χ3v) is 5.10. The van der Waals surface area contributed by atoms with E-state index in [0.717, 1.165) is 37.9 Å². The first kappa shape index (κ1) is 25.0. The molecular weight excluding hydrogens is 424 g/mol. The standard InChI is InChI=1S/C18H25FN2O3.C2HF3O2/c1-23-11-9-20-18(22)17-7-6-15-16(24-17)8-10-21(15)12-13-2-4-14(19)5-3-13;3-2(4,5)1(6)7/h2-5,15-17H,6-12H2,1H3,(H,20,22);(H,6,7)/t15-,16-,17+;/m1./s1. The second kappa shape index (κ2) is 11.4. The van der Waals surface area contributed by atoms with Crippen molar-refractivity contribution in [2.45, 2.75) is 50.2 Å². The molecule has 11 heteroatoms. The monoisotopic (exact) mass is 450 g/mol. The van der Waals surface area contributed by atoms with Gasteiger partial charge in [0.05, 0.1) is 12.7 Å². The predicted molar refractivity (Wildman–Crippen MR) is 102 cm³/mol. The number of ether oxygens (including phenoxy) is 2. The first-order chi connectivity index (χ1) is 14.6. The molecule has 2 heterocycles. The van der Waals surface area contributed by atoms with Crippen LogP contribution in [0.3, 0.4) is 0 Å². The second-order valence-corrected chi connectivity index (χ2v) is 7.28. The molecule has 3 atom stereocenters. The lowest BCUT2D eigenvalue weighted by atomic mass is 9.98. The van der Waals surface area contributed by atoms with Crippen LogP contribution in [0.5, 0.6) is 0 Å². The van der Waals surface area contributed by atoms with E-state index in [2.05, 4.69) is 10.2 Å². The average molecular weight is 450 g/mol. The lowest BCUT2D eigenvalue weighted by molar-refractivity contribution is -0.192. The van der Waals surface area contributed by atoms with Gasteiger partial charge in [-0.05, 0) is 37.0 Å². The van der Waals surface area contributed by atoms with Crippen molar-refractivity contribution in [1.29, 1.82) is 0 Å². The summed E-state index contributed by atoms with van der Waals surface area (Å²) >= 11 is 0. The second-order valence-electron chi connectivity index (χ2n) is 7.28. The Bertz CT molecular complexity index is 729. The number of carbonyl (C=O) groups excluding carboxylic acids is 1. The number of hydrogen-bond donors (Lipinski definition) is 2. The average Bonchev–Trinajstić information content (AvgIpc) is 3.11. The largest absolute Gasteiger partial charge is 0.490 e. The minimum atomic E-state index is -5.08. The maximum Gasteiger partial charge on any atom is 0.490 e. The number of benzene rings is 1. The van der Waals surface area contributed by atoms with Crippen LogP contribution in [-0.2, 0) is 25.6 Å². The number of fused-ring (bicyclic) bond motifs is 1. The fourth-order valence-corrected chi connectivity index (χ4v) is 3.62. The molecule has 1 aromatic carbocycles. The van der Waals surface area contributed by atoms with Crippen LogP contribution in [0, 0.1) is 5.82 Å². The number of hydrogen-bond acceptors (Lipinski definition) is 5. The summed E-state index contributed by atoms with van der Waals surface area (Å²) in [6.45, 7) is 2.77. The number of likely N-dealkylation sites (tertiary alicyclic amines) is 1. The van der Waals surface area contributed by atoms with E-state index in [1.54, 1.807) is 7.11 Å². The van der Waals surface area contributed by atoms with Crippen LogP contribution in [0.4, 0.5) is 17.6 Å². The van der Waals surface area contributed by atoms with Gasteiger partial charge in [-0.25, -0.2) is 9.18 Å². The number of carbonyl (C=O) groups is 2. The Kier molecular flexibility index (Phi) is 9.20. The highest BCUT2D eigenvalue weighted by Crippen LogP contribution is 2.32. The molecule has 7 nitrogen and oxygen atoms in total.